The minimum Gasteiger partial charge on any atom is -0.484 e. The molecule has 1 N–H and O–H groups in total. The van der Waals surface area contributed by atoms with E-state index in [2.05, 4.69) is 5.32 Å². The van der Waals surface area contributed by atoms with Gasteiger partial charge in [0.05, 0.1) is 10.6 Å². The molecule has 0 bridgehead atoms. The molecule has 2 aromatic rings. The zero-order chi connectivity index (χ0) is 16.9. The third-order valence-corrected chi connectivity index (χ3v) is 4.29. The van der Waals surface area contributed by atoms with Gasteiger partial charge >= 0.3 is 0 Å². The maximum Gasteiger partial charge on any atom is 0.143 e. The van der Waals surface area contributed by atoms with Gasteiger partial charge in [0.2, 0.25) is 0 Å². The molecule has 0 spiro atoms. The molecule has 3 nitrogen and oxygen atoms in total. The number of hydrogen-bond donors (Lipinski definition) is 1. The highest BCUT2D eigenvalue weighted by molar-refractivity contribution is 6.30. The number of nitrogens with zero attached hydrogens (tertiary/aromatic N) is 1. The highest BCUT2D eigenvalue weighted by atomic mass is 35.5. The van der Waals surface area contributed by atoms with Gasteiger partial charge in [0, 0.05) is 18.5 Å². The maximum absolute atomic E-state index is 13.6. The zero-order valence-corrected chi connectivity index (χ0v) is 13.9. The predicted octanol–water partition coefficient (Wildman–Crippen LogP) is 4.61. The lowest BCUT2D eigenvalue weighted by atomic mass is 10.1. The quantitative estimate of drug-likeness (QED) is 0.797. The van der Waals surface area contributed by atoms with E-state index in [1.165, 1.54) is 18.9 Å². The molecule has 124 valence electrons. The summed E-state index contributed by atoms with van der Waals surface area (Å²) in [5.41, 5.74) is 1.16. The van der Waals surface area contributed by atoms with Crippen molar-refractivity contribution in [3.63, 3.8) is 0 Å². The molecule has 0 radical (unpaired) electrons. The van der Waals surface area contributed by atoms with Gasteiger partial charge in [-0.1, -0.05) is 41.9 Å². The van der Waals surface area contributed by atoms with Crippen molar-refractivity contribution in [1.29, 1.82) is 5.26 Å². The lowest BCUT2D eigenvalue weighted by Crippen LogP contribution is -2.21. The normalized spacial score (nSPS) is 14.9. The Labute approximate surface area is 146 Å². The van der Waals surface area contributed by atoms with E-state index in [1.54, 1.807) is 0 Å². The first-order valence-corrected chi connectivity index (χ1v) is 8.39. The van der Waals surface area contributed by atoms with E-state index in [9.17, 15) is 9.65 Å². The number of hydrogen-bond acceptors (Lipinski definition) is 3. The molecule has 1 fully saturated rings. The van der Waals surface area contributed by atoms with Crippen LogP contribution in [0.2, 0.25) is 5.02 Å². The molecule has 0 heterocycles. The Hall–Kier alpha value is -2.09. The third-order valence-electron chi connectivity index (χ3n) is 4.00. The average molecular weight is 345 g/mol. The first kappa shape index (κ1) is 16.8. The van der Waals surface area contributed by atoms with Gasteiger partial charge in [-0.25, -0.2) is 4.39 Å². The molecule has 1 aliphatic carbocycles. The Morgan fingerprint density at radius 3 is 2.71 bits per heavy atom. The summed E-state index contributed by atoms with van der Waals surface area (Å²) in [5, 5.41) is 12.6. The molecule has 24 heavy (non-hydrogen) atoms. The van der Waals surface area contributed by atoms with Gasteiger partial charge in [-0.3, -0.25) is 0 Å². The average Bonchev–Trinajstić information content (AvgIpc) is 3.42. The van der Waals surface area contributed by atoms with Crippen LogP contribution in [-0.4, -0.2) is 12.6 Å². The van der Waals surface area contributed by atoms with Crippen LogP contribution in [0.15, 0.2) is 42.5 Å². The zero-order valence-electron chi connectivity index (χ0n) is 13.1. The van der Waals surface area contributed by atoms with Gasteiger partial charge in [0.25, 0.3) is 0 Å². The van der Waals surface area contributed by atoms with Gasteiger partial charge in [-0.15, -0.1) is 0 Å². The van der Waals surface area contributed by atoms with E-state index >= 15 is 0 Å². The van der Waals surface area contributed by atoms with E-state index < -0.39 is 5.82 Å². The van der Waals surface area contributed by atoms with Crippen molar-refractivity contribution in [2.45, 2.75) is 31.4 Å². The number of nitriles is 1. The minimum absolute atomic E-state index is 0.0492. The molecule has 1 saturated carbocycles. The molecule has 2 aromatic carbocycles. The Morgan fingerprint density at radius 2 is 2.04 bits per heavy atom. The number of rotatable bonds is 7. The molecule has 5 heteroatoms. The van der Waals surface area contributed by atoms with Gasteiger partial charge in [0.1, 0.15) is 23.7 Å². The van der Waals surface area contributed by atoms with E-state index in [-0.39, 0.29) is 16.7 Å². The summed E-state index contributed by atoms with van der Waals surface area (Å²) < 4.78 is 19.6. The SMILES string of the molecule is N#Cc1cc(F)c(Cl)cc1OC(CCNC1CC1)c1ccccc1. The number of benzene rings is 2. The van der Waals surface area contributed by atoms with Crippen LogP contribution in [0, 0.1) is 17.1 Å². The van der Waals surface area contributed by atoms with Crippen LogP contribution in [0.3, 0.4) is 0 Å². The van der Waals surface area contributed by atoms with Gasteiger partial charge in [-0.05, 0) is 31.0 Å². The lowest BCUT2D eigenvalue weighted by molar-refractivity contribution is 0.193. The standard InChI is InChI=1S/C19H18ClFN2O/c20-16-11-19(14(12-22)10-17(16)21)24-18(8-9-23-15-6-7-15)13-4-2-1-3-5-13/h1-5,10-11,15,18,23H,6-9H2. The second-order valence-electron chi connectivity index (χ2n) is 5.91. The first-order chi connectivity index (χ1) is 11.7. The summed E-state index contributed by atoms with van der Waals surface area (Å²) in [5.74, 6) is -0.309. The Kier molecular flexibility index (Phi) is 5.34. The smallest absolute Gasteiger partial charge is 0.143 e. The molecule has 0 aromatic heterocycles. The second kappa shape index (κ2) is 7.65. The number of nitrogens with one attached hydrogen (secondary N) is 1. The molecular formula is C19H18ClFN2O. The van der Waals surface area contributed by atoms with E-state index in [0.29, 0.717) is 11.8 Å². The van der Waals surface area contributed by atoms with E-state index in [4.69, 9.17) is 16.3 Å². The highest BCUT2D eigenvalue weighted by Crippen LogP contribution is 2.31. The minimum atomic E-state index is -0.618. The van der Waals surface area contributed by atoms with Crippen molar-refractivity contribution in [1.82, 2.24) is 5.32 Å². The molecule has 0 aliphatic heterocycles. The van der Waals surface area contributed by atoms with Crippen molar-refractivity contribution in [2.24, 2.45) is 0 Å². The summed E-state index contributed by atoms with van der Waals surface area (Å²) in [6.07, 6.45) is 2.97. The Balaban J connectivity index is 1.80. The van der Waals surface area contributed by atoms with Crippen LogP contribution >= 0.6 is 11.6 Å². The van der Waals surface area contributed by atoms with Crippen LogP contribution in [0.1, 0.15) is 36.5 Å². The molecular weight excluding hydrogens is 327 g/mol. The summed E-state index contributed by atoms with van der Waals surface area (Å²) in [6, 6.07) is 14.9. The fourth-order valence-electron chi connectivity index (χ4n) is 2.53. The largest absolute Gasteiger partial charge is 0.484 e. The van der Waals surface area contributed by atoms with Crippen molar-refractivity contribution >= 4 is 11.6 Å². The Morgan fingerprint density at radius 1 is 1.29 bits per heavy atom. The number of ether oxygens (including phenoxy) is 1. The van der Waals surface area contributed by atoms with E-state index in [1.807, 2.05) is 36.4 Å². The second-order valence-corrected chi connectivity index (χ2v) is 6.32. The first-order valence-electron chi connectivity index (χ1n) is 8.01. The van der Waals surface area contributed by atoms with Crippen LogP contribution in [0.4, 0.5) is 4.39 Å². The fourth-order valence-corrected chi connectivity index (χ4v) is 2.69. The van der Waals surface area contributed by atoms with Crippen molar-refractivity contribution in [3.8, 4) is 11.8 Å². The van der Waals surface area contributed by atoms with Gasteiger partial charge in [0.15, 0.2) is 0 Å². The molecule has 3 rings (SSSR count). The van der Waals surface area contributed by atoms with Crippen LogP contribution < -0.4 is 10.1 Å². The number of halogens is 2. The maximum atomic E-state index is 13.6. The molecule has 0 saturated heterocycles. The fraction of sp³-hybridized carbons (Fsp3) is 0.316. The van der Waals surface area contributed by atoms with Crippen molar-refractivity contribution < 1.29 is 9.13 Å². The summed E-state index contributed by atoms with van der Waals surface area (Å²) in [4.78, 5) is 0. The predicted molar refractivity (Wildman–Crippen MR) is 91.6 cm³/mol. The summed E-state index contributed by atoms with van der Waals surface area (Å²) in [6.45, 7) is 0.820. The molecule has 1 unspecified atom stereocenters. The monoisotopic (exact) mass is 344 g/mol. The van der Waals surface area contributed by atoms with Crippen molar-refractivity contribution in [2.75, 3.05) is 6.54 Å². The van der Waals surface area contributed by atoms with Gasteiger partial charge < -0.3 is 10.1 Å². The lowest BCUT2D eigenvalue weighted by Gasteiger charge is -2.21. The van der Waals surface area contributed by atoms with Crippen LogP contribution in [-0.2, 0) is 0 Å². The highest BCUT2D eigenvalue weighted by Gasteiger charge is 2.22. The molecule has 1 atom stereocenters. The Bertz CT molecular complexity index is 741. The molecule has 1 aliphatic rings. The van der Waals surface area contributed by atoms with Crippen molar-refractivity contribution in [3.05, 3.63) is 64.4 Å². The third kappa shape index (κ3) is 4.25. The summed E-state index contributed by atoms with van der Waals surface area (Å²) >= 11 is 5.85. The summed E-state index contributed by atoms with van der Waals surface area (Å²) in [7, 11) is 0. The van der Waals surface area contributed by atoms with Crippen LogP contribution in [0.25, 0.3) is 0 Å². The van der Waals surface area contributed by atoms with E-state index in [0.717, 1.165) is 24.6 Å². The van der Waals surface area contributed by atoms with Gasteiger partial charge in [-0.2, -0.15) is 5.26 Å². The molecule has 0 amide bonds. The van der Waals surface area contributed by atoms with Crippen LogP contribution in [0.5, 0.6) is 5.75 Å². The topological polar surface area (TPSA) is 45.0 Å².